The number of halogens is 2. The summed E-state index contributed by atoms with van der Waals surface area (Å²) in [5.74, 6) is 0. The topological polar surface area (TPSA) is 13.1 Å². The van der Waals surface area contributed by atoms with Crippen LogP contribution in [0.15, 0.2) is 21.4 Å². The zero-order chi connectivity index (χ0) is 6.69. The molecule has 1 heterocycles. The maximum Gasteiger partial charge on any atom is 0.105 e. The first-order chi connectivity index (χ1) is 4.34. The molecule has 1 aromatic heterocycles. The van der Waals surface area contributed by atoms with Gasteiger partial charge in [0.1, 0.15) is 6.26 Å². The third-order valence-electron chi connectivity index (χ3n) is 1.05. The van der Waals surface area contributed by atoms with E-state index in [2.05, 4.69) is 38.5 Å². The third kappa shape index (κ3) is 1.97. The summed E-state index contributed by atoms with van der Waals surface area (Å²) in [6.07, 6.45) is 4.57. The number of hydrogen-bond acceptors (Lipinski definition) is 1. The summed E-state index contributed by atoms with van der Waals surface area (Å²) in [6, 6.07) is 0. The van der Waals surface area contributed by atoms with Crippen molar-refractivity contribution >= 4 is 38.5 Å². The molecule has 50 valence electrons. The van der Waals surface area contributed by atoms with Crippen LogP contribution in [0.2, 0.25) is 0 Å². The minimum atomic E-state index is 1.08. The van der Waals surface area contributed by atoms with E-state index in [0.717, 1.165) is 15.3 Å². The molecule has 0 aliphatic heterocycles. The largest absolute Gasteiger partial charge is 0.471 e. The summed E-state index contributed by atoms with van der Waals surface area (Å²) >= 11 is 5.71. The minimum Gasteiger partial charge on any atom is -0.471 e. The molecule has 9 heavy (non-hydrogen) atoms. The van der Waals surface area contributed by atoms with Crippen molar-refractivity contribution in [1.82, 2.24) is 0 Å². The van der Waals surface area contributed by atoms with Crippen molar-refractivity contribution in [2.24, 2.45) is 0 Å². The zero-order valence-electron chi connectivity index (χ0n) is 4.73. The highest BCUT2D eigenvalue weighted by molar-refractivity contribution is 14.1. The van der Waals surface area contributed by atoms with Crippen LogP contribution in [0.4, 0.5) is 0 Å². The summed E-state index contributed by atoms with van der Waals surface area (Å²) < 4.78 is 7.16. The highest BCUT2D eigenvalue weighted by Gasteiger charge is 1.98. The van der Waals surface area contributed by atoms with Crippen molar-refractivity contribution in [3.63, 3.8) is 0 Å². The Bertz CT molecular complexity index is 185. The van der Waals surface area contributed by atoms with Crippen molar-refractivity contribution in [2.75, 3.05) is 4.43 Å². The lowest BCUT2D eigenvalue weighted by molar-refractivity contribution is 0.563. The zero-order valence-corrected chi connectivity index (χ0v) is 8.48. The van der Waals surface area contributed by atoms with Gasteiger partial charge in [-0.05, 0) is 22.4 Å². The molecule has 1 aromatic rings. The summed E-state index contributed by atoms with van der Waals surface area (Å²) in [5.41, 5.74) is 1.25. The minimum absolute atomic E-state index is 1.08. The molecule has 0 aliphatic carbocycles. The lowest BCUT2D eigenvalue weighted by Crippen LogP contribution is -1.80. The van der Waals surface area contributed by atoms with Gasteiger partial charge in [0.15, 0.2) is 0 Å². The van der Waals surface area contributed by atoms with E-state index in [1.165, 1.54) is 5.56 Å². The van der Waals surface area contributed by atoms with Crippen LogP contribution in [0.5, 0.6) is 0 Å². The van der Waals surface area contributed by atoms with Gasteiger partial charge in [-0.1, -0.05) is 22.6 Å². The molecule has 0 amide bonds. The maximum absolute atomic E-state index is 4.95. The van der Waals surface area contributed by atoms with E-state index in [-0.39, 0.29) is 0 Å². The molecule has 0 unspecified atom stereocenters. The van der Waals surface area contributed by atoms with E-state index < -0.39 is 0 Å². The molecular formula is C6H6BrIO. The van der Waals surface area contributed by atoms with Crippen LogP contribution in [0.25, 0.3) is 0 Å². The Labute approximate surface area is 76.1 Å². The molecule has 0 atom stereocenters. The number of rotatable bonds is 2. The monoisotopic (exact) mass is 300 g/mol. The molecule has 3 heteroatoms. The lowest BCUT2D eigenvalue weighted by atomic mass is 10.3. The molecule has 0 saturated carbocycles. The van der Waals surface area contributed by atoms with E-state index in [1.807, 2.05) is 0 Å². The molecule has 0 bridgehead atoms. The summed E-state index contributed by atoms with van der Waals surface area (Å²) in [6.45, 7) is 0. The van der Waals surface area contributed by atoms with E-state index in [4.69, 9.17) is 4.42 Å². The Kier molecular flexibility index (Phi) is 3.04. The van der Waals surface area contributed by atoms with Gasteiger partial charge in [0.2, 0.25) is 0 Å². The van der Waals surface area contributed by atoms with Crippen LogP contribution in [-0.4, -0.2) is 4.43 Å². The number of hydrogen-bond donors (Lipinski definition) is 0. The Morgan fingerprint density at radius 1 is 1.56 bits per heavy atom. The molecular weight excluding hydrogens is 295 g/mol. The van der Waals surface area contributed by atoms with Crippen LogP contribution in [0, 0.1) is 0 Å². The van der Waals surface area contributed by atoms with Crippen molar-refractivity contribution in [3.8, 4) is 0 Å². The average Bonchev–Trinajstić information content (AvgIpc) is 2.18. The van der Waals surface area contributed by atoms with Gasteiger partial charge in [-0.2, -0.15) is 0 Å². The first kappa shape index (κ1) is 7.60. The first-order valence-corrected chi connectivity index (χ1v) is 4.93. The van der Waals surface area contributed by atoms with E-state index >= 15 is 0 Å². The predicted molar refractivity (Wildman–Crippen MR) is 49.0 cm³/mol. The second-order valence-corrected chi connectivity index (χ2v) is 3.62. The highest BCUT2D eigenvalue weighted by atomic mass is 127. The summed E-state index contributed by atoms with van der Waals surface area (Å²) in [7, 11) is 0. The lowest BCUT2D eigenvalue weighted by Gasteiger charge is -1.88. The molecule has 1 rings (SSSR count). The Morgan fingerprint density at radius 2 is 2.33 bits per heavy atom. The van der Waals surface area contributed by atoms with Gasteiger partial charge in [0.05, 0.1) is 10.7 Å². The fourth-order valence-corrected chi connectivity index (χ4v) is 1.57. The SMILES string of the molecule is Brc1cocc1CCI. The van der Waals surface area contributed by atoms with Gasteiger partial charge in [0, 0.05) is 9.99 Å². The number of alkyl halides is 1. The quantitative estimate of drug-likeness (QED) is 0.604. The molecule has 0 aliphatic rings. The summed E-state index contributed by atoms with van der Waals surface area (Å²) in [4.78, 5) is 0. The van der Waals surface area contributed by atoms with Crippen LogP contribution in [0.1, 0.15) is 5.56 Å². The van der Waals surface area contributed by atoms with Gasteiger partial charge >= 0.3 is 0 Å². The van der Waals surface area contributed by atoms with Gasteiger partial charge in [-0.15, -0.1) is 0 Å². The standard InChI is InChI=1S/C6H6BrIO/c7-6-4-9-3-5(6)1-2-8/h3-4H,1-2H2. The molecule has 0 radical (unpaired) electrons. The first-order valence-electron chi connectivity index (χ1n) is 2.61. The molecule has 0 aromatic carbocycles. The highest BCUT2D eigenvalue weighted by Crippen LogP contribution is 2.18. The Hall–Kier alpha value is 0.490. The third-order valence-corrected chi connectivity index (χ3v) is 2.29. The Morgan fingerprint density at radius 3 is 2.78 bits per heavy atom. The van der Waals surface area contributed by atoms with Gasteiger partial charge in [0.25, 0.3) is 0 Å². The maximum atomic E-state index is 4.95. The molecule has 0 spiro atoms. The second kappa shape index (κ2) is 3.61. The number of furan rings is 1. The molecule has 0 N–H and O–H groups in total. The van der Waals surface area contributed by atoms with E-state index in [9.17, 15) is 0 Å². The smallest absolute Gasteiger partial charge is 0.105 e. The van der Waals surface area contributed by atoms with E-state index in [1.54, 1.807) is 12.5 Å². The second-order valence-electron chi connectivity index (χ2n) is 1.68. The van der Waals surface area contributed by atoms with Gasteiger partial charge in [-0.25, -0.2) is 0 Å². The van der Waals surface area contributed by atoms with Crippen molar-refractivity contribution < 1.29 is 4.42 Å². The van der Waals surface area contributed by atoms with Crippen LogP contribution < -0.4 is 0 Å². The normalized spacial score (nSPS) is 10.0. The van der Waals surface area contributed by atoms with Crippen molar-refractivity contribution in [3.05, 3.63) is 22.6 Å². The van der Waals surface area contributed by atoms with Crippen molar-refractivity contribution in [1.29, 1.82) is 0 Å². The van der Waals surface area contributed by atoms with E-state index in [0.29, 0.717) is 0 Å². The fraction of sp³-hybridized carbons (Fsp3) is 0.333. The molecule has 0 saturated heterocycles. The molecule has 0 fully saturated rings. The van der Waals surface area contributed by atoms with Crippen molar-refractivity contribution in [2.45, 2.75) is 6.42 Å². The number of aryl methyl sites for hydroxylation is 1. The fourth-order valence-electron chi connectivity index (χ4n) is 0.588. The average molecular weight is 301 g/mol. The van der Waals surface area contributed by atoms with Crippen LogP contribution in [0.3, 0.4) is 0 Å². The summed E-state index contributed by atoms with van der Waals surface area (Å²) in [5, 5.41) is 0. The van der Waals surface area contributed by atoms with Crippen LogP contribution >= 0.6 is 38.5 Å². The van der Waals surface area contributed by atoms with Gasteiger partial charge in [-0.3, -0.25) is 0 Å². The van der Waals surface area contributed by atoms with Gasteiger partial charge < -0.3 is 4.42 Å². The Balaban J connectivity index is 2.69. The predicted octanol–water partition coefficient (Wildman–Crippen LogP) is 3.02. The van der Waals surface area contributed by atoms with Crippen LogP contribution in [-0.2, 0) is 6.42 Å². The molecule has 1 nitrogen and oxygen atoms in total.